The fourth-order valence-electron chi connectivity index (χ4n) is 2.16. The molecule has 1 aromatic carbocycles. The van der Waals surface area contributed by atoms with Gasteiger partial charge in [-0.3, -0.25) is 4.79 Å². The summed E-state index contributed by atoms with van der Waals surface area (Å²) in [6.07, 6.45) is 2.19. The highest BCUT2D eigenvalue weighted by Crippen LogP contribution is 2.34. The summed E-state index contributed by atoms with van der Waals surface area (Å²) >= 11 is 0. The highest BCUT2D eigenvalue weighted by Gasteiger charge is 2.37. The second-order valence-corrected chi connectivity index (χ2v) is 4.64. The summed E-state index contributed by atoms with van der Waals surface area (Å²) in [5.74, 6) is 1.03. The Balaban J connectivity index is 2.12. The van der Waals surface area contributed by atoms with Crippen molar-refractivity contribution in [2.75, 3.05) is 12.3 Å². The number of nitrogen functional groups attached to an aromatic ring is 1. The van der Waals surface area contributed by atoms with Crippen LogP contribution in [0.5, 0.6) is 5.75 Å². The number of nitrogens with one attached hydrogen (secondary N) is 1. The molecule has 4 heteroatoms. The summed E-state index contributed by atoms with van der Waals surface area (Å²) in [5, 5.41) is 3.02. The van der Waals surface area contributed by atoms with Gasteiger partial charge in [-0.2, -0.15) is 0 Å². The molecule has 0 bridgehead atoms. The van der Waals surface area contributed by atoms with Crippen LogP contribution < -0.4 is 15.8 Å². The van der Waals surface area contributed by atoms with Crippen molar-refractivity contribution < 1.29 is 9.53 Å². The topological polar surface area (TPSA) is 64.3 Å². The van der Waals surface area contributed by atoms with E-state index in [-0.39, 0.29) is 5.91 Å². The van der Waals surface area contributed by atoms with Gasteiger partial charge in [0.15, 0.2) is 5.75 Å². The fourth-order valence-corrected chi connectivity index (χ4v) is 2.16. The Morgan fingerprint density at radius 2 is 2.28 bits per heavy atom. The van der Waals surface area contributed by atoms with Crippen molar-refractivity contribution in [1.82, 2.24) is 5.32 Å². The molecule has 1 aliphatic carbocycles. The Morgan fingerprint density at radius 3 is 2.89 bits per heavy atom. The lowest BCUT2D eigenvalue weighted by Gasteiger charge is -2.12. The van der Waals surface area contributed by atoms with E-state index in [0.29, 0.717) is 35.6 Å². The van der Waals surface area contributed by atoms with Crippen LogP contribution in [0.4, 0.5) is 5.69 Å². The first-order valence-electron chi connectivity index (χ1n) is 6.49. The quantitative estimate of drug-likeness (QED) is 0.785. The number of anilines is 1. The van der Waals surface area contributed by atoms with Crippen LogP contribution in [0.25, 0.3) is 0 Å². The molecule has 0 spiro atoms. The number of carbonyl (C=O) groups is 1. The third-order valence-corrected chi connectivity index (χ3v) is 3.34. The summed E-state index contributed by atoms with van der Waals surface area (Å²) in [6.45, 7) is 4.51. The first-order valence-corrected chi connectivity index (χ1v) is 6.49. The zero-order chi connectivity index (χ0) is 13.1. The molecule has 2 unspecified atom stereocenters. The third-order valence-electron chi connectivity index (χ3n) is 3.34. The van der Waals surface area contributed by atoms with Crippen molar-refractivity contribution in [3.05, 3.63) is 23.8 Å². The van der Waals surface area contributed by atoms with Gasteiger partial charge in [0.2, 0.25) is 0 Å². The summed E-state index contributed by atoms with van der Waals surface area (Å²) in [6, 6.07) is 5.59. The summed E-state index contributed by atoms with van der Waals surface area (Å²) in [5.41, 5.74) is 6.87. The average Bonchev–Trinajstić information content (AvgIpc) is 3.10. The predicted molar refractivity (Wildman–Crippen MR) is 71.7 cm³/mol. The van der Waals surface area contributed by atoms with Crippen LogP contribution in [-0.4, -0.2) is 18.6 Å². The van der Waals surface area contributed by atoms with Crippen molar-refractivity contribution in [3.63, 3.8) is 0 Å². The Morgan fingerprint density at radius 1 is 1.50 bits per heavy atom. The van der Waals surface area contributed by atoms with Gasteiger partial charge in [-0.1, -0.05) is 19.4 Å². The van der Waals surface area contributed by atoms with Gasteiger partial charge in [-0.15, -0.1) is 0 Å². The molecule has 2 atom stereocenters. The van der Waals surface area contributed by atoms with Crippen LogP contribution in [0.1, 0.15) is 37.0 Å². The minimum Gasteiger partial charge on any atom is -0.491 e. The zero-order valence-corrected chi connectivity index (χ0v) is 10.9. The van der Waals surface area contributed by atoms with Crippen LogP contribution in [-0.2, 0) is 0 Å². The normalized spacial score (nSPS) is 21.4. The molecule has 1 aliphatic rings. The average molecular weight is 248 g/mol. The smallest absolute Gasteiger partial charge is 0.255 e. The lowest BCUT2D eigenvalue weighted by Crippen LogP contribution is -2.27. The minimum absolute atomic E-state index is 0.0910. The van der Waals surface area contributed by atoms with Gasteiger partial charge >= 0.3 is 0 Å². The van der Waals surface area contributed by atoms with Crippen LogP contribution in [0.3, 0.4) is 0 Å². The maximum Gasteiger partial charge on any atom is 0.255 e. The second-order valence-electron chi connectivity index (χ2n) is 4.64. The number of amides is 1. The molecule has 0 heterocycles. The van der Waals surface area contributed by atoms with E-state index in [1.807, 2.05) is 6.92 Å². The molecule has 2 rings (SSSR count). The van der Waals surface area contributed by atoms with E-state index >= 15 is 0 Å². The van der Waals surface area contributed by atoms with Gasteiger partial charge in [0.25, 0.3) is 5.91 Å². The minimum atomic E-state index is -0.0910. The van der Waals surface area contributed by atoms with E-state index < -0.39 is 0 Å². The number of nitrogens with two attached hydrogens (primary N) is 1. The van der Waals surface area contributed by atoms with Gasteiger partial charge < -0.3 is 15.8 Å². The molecule has 1 saturated carbocycles. The number of ether oxygens (including phenoxy) is 1. The third kappa shape index (κ3) is 2.58. The molecule has 98 valence electrons. The Labute approximate surface area is 108 Å². The monoisotopic (exact) mass is 248 g/mol. The number of carbonyl (C=O) groups excluding carboxylic acids is 1. The summed E-state index contributed by atoms with van der Waals surface area (Å²) < 4.78 is 5.46. The molecule has 1 aromatic rings. The molecule has 3 N–H and O–H groups in total. The number of para-hydroxylation sites is 1. The molecule has 1 amide bonds. The first kappa shape index (κ1) is 12.7. The van der Waals surface area contributed by atoms with Crippen molar-refractivity contribution in [2.24, 2.45) is 5.92 Å². The van der Waals surface area contributed by atoms with Crippen LogP contribution in [0.15, 0.2) is 18.2 Å². The highest BCUT2D eigenvalue weighted by atomic mass is 16.5. The molecule has 4 nitrogen and oxygen atoms in total. The van der Waals surface area contributed by atoms with Gasteiger partial charge in [0, 0.05) is 6.04 Å². The zero-order valence-electron chi connectivity index (χ0n) is 10.9. The Bertz CT molecular complexity index is 445. The van der Waals surface area contributed by atoms with Gasteiger partial charge in [-0.05, 0) is 31.4 Å². The number of hydrogen-bond donors (Lipinski definition) is 2. The van der Waals surface area contributed by atoms with Gasteiger partial charge in [-0.25, -0.2) is 0 Å². The largest absolute Gasteiger partial charge is 0.491 e. The molecular weight excluding hydrogens is 228 g/mol. The van der Waals surface area contributed by atoms with Crippen molar-refractivity contribution in [2.45, 2.75) is 32.7 Å². The molecule has 0 aromatic heterocycles. The van der Waals surface area contributed by atoms with E-state index in [1.54, 1.807) is 18.2 Å². The molecule has 18 heavy (non-hydrogen) atoms. The van der Waals surface area contributed by atoms with E-state index in [2.05, 4.69) is 12.2 Å². The van der Waals surface area contributed by atoms with Crippen molar-refractivity contribution >= 4 is 11.6 Å². The van der Waals surface area contributed by atoms with Crippen molar-refractivity contribution in [3.8, 4) is 5.75 Å². The molecule has 1 fully saturated rings. The standard InChI is InChI=1S/C14H20N2O2/c1-3-9-8-12(9)16-14(17)10-6-5-7-11(15)13(10)18-4-2/h5-7,9,12H,3-4,8,15H2,1-2H3,(H,16,17). The van der Waals surface area contributed by atoms with E-state index in [4.69, 9.17) is 10.5 Å². The Kier molecular flexibility index (Phi) is 3.75. The molecule has 0 saturated heterocycles. The predicted octanol–water partition coefficient (Wildman–Crippen LogP) is 2.20. The summed E-state index contributed by atoms with van der Waals surface area (Å²) in [4.78, 5) is 12.2. The molecular formula is C14H20N2O2. The SMILES string of the molecule is CCOc1c(N)cccc1C(=O)NC1CC1CC. The first-order chi connectivity index (χ1) is 8.67. The fraction of sp³-hybridized carbons (Fsp3) is 0.500. The lowest BCUT2D eigenvalue weighted by molar-refractivity contribution is 0.0945. The number of rotatable bonds is 5. The summed E-state index contributed by atoms with van der Waals surface area (Å²) in [7, 11) is 0. The van der Waals surface area contributed by atoms with Crippen molar-refractivity contribution in [1.29, 1.82) is 0 Å². The Hall–Kier alpha value is -1.71. The molecule has 0 radical (unpaired) electrons. The van der Waals surface area contributed by atoms with Gasteiger partial charge in [0.05, 0.1) is 17.9 Å². The second kappa shape index (κ2) is 5.29. The van der Waals surface area contributed by atoms with E-state index in [1.165, 1.54) is 0 Å². The van der Waals surface area contributed by atoms with Crippen LogP contribution in [0.2, 0.25) is 0 Å². The molecule has 0 aliphatic heterocycles. The maximum absolute atomic E-state index is 12.2. The van der Waals surface area contributed by atoms with Gasteiger partial charge in [0.1, 0.15) is 0 Å². The van der Waals surface area contributed by atoms with Crippen LogP contribution >= 0.6 is 0 Å². The lowest BCUT2D eigenvalue weighted by atomic mass is 10.1. The number of benzene rings is 1. The van der Waals surface area contributed by atoms with Crippen LogP contribution in [0, 0.1) is 5.92 Å². The number of hydrogen-bond acceptors (Lipinski definition) is 3. The highest BCUT2D eigenvalue weighted by molar-refractivity contribution is 5.99. The van der Waals surface area contributed by atoms with E-state index in [0.717, 1.165) is 12.8 Å². The maximum atomic E-state index is 12.2. The van der Waals surface area contributed by atoms with E-state index in [9.17, 15) is 4.79 Å².